The molecule has 0 spiro atoms. The molecular formula is C15H20N2OS3. The summed E-state index contributed by atoms with van der Waals surface area (Å²) >= 11 is 5.32. The number of thioether (sulfide) groups is 2. The Morgan fingerprint density at radius 1 is 1.19 bits per heavy atom. The van der Waals surface area contributed by atoms with Gasteiger partial charge in [0.2, 0.25) is 0 Å². The van der Waals surface area contributed by atoms with Gasteiger partial charge in [0.15, 0.2) is 5.16 Å². The van der Waals surface area contributed by atoms with Crippen molar-refractivity contribution in [3.63, 3.8) is 0 Å². The number of thiophene rings is 1. The molecule has 0 saturated heterocycles. The molecule has 0 aromatic carbocycles. The van der Waals surface area contributed by atoms with Crippen LogP contribution in [-0.2, 0) is 17.8 Å². The van der Waals surface area contributed by atoms with Gasteiger partial charge in [-0.05, 0) is 30.9 Å². The molecule has 0 aliphatic carbocycles. The van der Waals surface area contributed by atoms with Crippen LogP contribution in [-0.4, -0.2) is 27.1 Å². The van der Waals surface area contributed by atoms with Crippen molar-refractivity contribution in [3.05, 3.63) is 10.4 Å². The van der Waals surface area contributed by atoms with Crippen LogP contribution in [0.25, 0.3) is 10.2 Å². The van der Waals surface area contributed by atoms with Gasteiger partial charge in [0.1, 0.15) is 9.86 Å². The quantitative estimate of drug-likeness (QED) is 0.455. The lowest BCUT2D eigenvalue weighted by molar-refractivity contribution is -0.0379. The van der Waals surface area contributed by atoms with Gasteiger partial charge in [-0.3, -0.25) is 0 Å². The van der Waals surface area contributed by atoms with E-state index in [9.17, 15) is 0 Å². The summed E-state index contributed by atoms with van der Waals surface area (Å²) in [5.41, 5.74) is 1.32. The molecule has 114 valence electrons. The molecule has 2 aromatic heterocycles. The Morgan fingerprint density at radius 2 is 1.95 bits per heavy atom. The first-order chi connectivity index (χ1) is 10.0. The number of hydrogen-bond donors (Lipinski definition) is 0. The zero-order chi connectivity index (χ0) is 15.0. The summed E-state index contributed by atoms with van der Waals surface area (Å²) in [5.74, 6) is 2.04. The van der Waals surface area contributed by atoms with Gasteiger partial charge in [0.05, 0.1) is 12.2 Å². The van der Waals surface area contributed by atoms with E-state index < -0.39 is 0 Å². The third kappa shape index (κ3) is 3.09. The van der Waals surface area contributed by atoms with E-state index in [0.717, 1.165) is 32.9 Å². The van der Waals surface area contributed by atoms with Crippen LogP contribution in [0.2, 0.25) is 0 Å². The van der Waals surface area contributed by atoms with Crippen molar-refractivity contribution < 1.29 is 4.74 Å². The number of fused-ring (bicyclic) bond motifs is 3. The van der Waals surface area contributed by atoms with Crippen molar-refractivity contribution in [3.8, 4) is 0 Å². The van der Waals surface area contributed by atoms with Crippen molar-refractivity contribution in [1.29, 1.82) is 0 Å². The molecule has 0 radical (unpaired) electrons. The highest BCUT2D eigenvalue weighted by atomic mass is 32.2. The van der Waals surface area contributed by atoms with Gasteiger partial charge in [-0.25, -0.2) is 9.97 Å². The molecule has 0 fully saturated rings. The Balaban J connectivity index is 2.17. The number of nitrogens with zero attached hydrogens (tertiary/aromatic N) is 2. The van der Waals surface area contributed by atoms with E-state index >= 15 is 0 Å². The van der Waals surface area contributed by atoms with Crippen LogP contribution in [0.1, 0.15) is 38.1 Å². The highest BCUT2D eigenvalue weighted by molar-refractivity contribution is 7.99. The van der Waals surface area contributed by atoms with Gasteiger partial charge in [-0.15, -0.1) is 23.1 Å². The first kappa shape index (κ1) is 15.6. The maximum atomic E-state index is 5.95. The summed E-state index contributed by atoms with van der Waals surface area (Å²) in [7, 11) is 0. The SMILES string of the molecule is CCSc1nc(SCC)c2c3c(sc2n1)COC(C)(C)C3. The molecule has 3 heterocycles. The van der Waals surface area contributed by atoms with E-state index in [1.807, 2.05) is 11.8 Å². The number of hydrogen-bond acceptors (Lipinski definition) is 6. The third-order valence-corrected chi connectivity index (χ3v) is 6.12. The van der Waals surface area contributed by atoms with Gasteiger partial charge in [-0.1, -0.05) is 25.6 Å². The molecule has 0 atom stereocenters. The van der Waals surface area contributed by atoms with Crippen LogP contribution >= 0.6 is 34.9 Å². The number of aromatic nitrogens is 2. The summed E-state index contributed by atoms with van der Waals surface area (Å²) in [6.07, 6.45) is 0.948. The van der Waals surface area contributed by atoms with Crippen molar-refractivity contribution in [1.82, 2.24) is 9.97 Å². The molecule has 2 aromatic rings. The zero-order valence-corrected chi connectivity index (χ0v) is 15.3. The molecular weight excluding hydrogens is 320 g/mol. The van der Waals surface area contributed by atoms with Crippen molar-refractivity contribution in [2.75, 3.05) is 11.5 Å². The summed E-state index contributed by atoms with van der Waals surface area (Å²) < 4.78 is 5.95. The van der Waals surface area contributed by atoms with Crippen LogP contribution in [0.15, 0.2) is 10.2 Å². The van der Waals surface area contributed by atoms with E-state index in [1.54, 1.807) is 23.1 Å². The van der Waals surface area contributed by atoms with E-state index in [0.29, 0.717) is 6.61 Å². The highest BCUT2D eigenvalue weighted by Crippen LogP contribution is 2.42. The van der Waals surface area contributed by atoms with E-state index in [4.69, 9.17) is 14.7 Å². The molecule has 3 rings (SSSR count). The van der Waals surface area contributed by atoms with Gasteiger partial charge >= 0.3 is 0 Å². The molecule has 0 amide bonds. The topological polar surface area (TPSA) is 35.0 Å². The van der Waals surface area contributed by atoms with Crippen molar-refractivity contribution in [2.24, 2.45) is 0 Å². The van der Waals surface area contributed by atoms with Crippen molar-refractivity contribution >= 4 is 45.1 Å². The fourth-order valence-electron chi connectivity index (χ4n) is 2.53. The molecule has 0 unspecified atom stereocenters. The smallest absolute Gasteiger partial charge is 0.189 e. The molecule has 0 bridgehead atoms. The summed E-state index contributed by atoms with van der Waals surface area (Å²) in [6, 6.07) is 0. The number of ether oxygens (including phenoxy) is 1. The third-order valence-electron chi connectivity index (χ3n) is 3.43. The lowest BCUT2D eigenvalue weighted by atomic mass is 9.95. The lowest BCUT2D eigenvalue weighted by Crippen LogP contribution is -2.31. The molecule has 1 aliphatic rings. The van der Waals surface area contributed by atoms with Crippen LogP contribution in [0, 0.1) is 0 Å². The Morgan fingerprint density at radius 3 is 2.67 bits per heavy atom. The lowest BCUT2D eigenvalue weighted by Gasteiger charge is -2.30. The van der Waals surface area contributed by atoms with Crippen LogP contribution in [0.5, 0.6) is 0 Å². The average molecular weight is 341 g/mol. The Labute approximate surface area is 138 Å². The maximum Gasteiger partial charge on any atom is 0.189 e. The summed E-state index contributed by atoms with van der Waals surface area (Å²) in [5, 5.41) is 3.33. The van der Waals surface area contributed by atoms with Gasteiger partial charge in [0, 0.05) is 16.7 Å². The molecule has 6 heteroatoms. The largest absolute Gasteiger partial charge is 0.370 e. The molecule has 0 saturated carbocycles. The van der Waals surface area contributed by atoms with Gasteiger partial charge < -0.3 is 4.74 Å². The second-order valence-corrected chi connectivity index (χ2v) is 9.15. The van der Waals surface area contributed by atoms with Crippen molar-refractivity contribution in [2.45, 2.75) is 56.5 Å². The average Bonchev–Trinajstić information content (AvgIpc) is 2.76. The van der Waals surface area contributed by atoms with E-state index in [-0.39, 0.29) is 5.60 Å². The minimum atomic E-state index is -0.0913. The fraction of sp³-hybridized carbons (Fsp3) is 0.600. The molecule has 3 nitrogen and oxygen atoms in total. The highest BCUT2D eigenvalue weighted by Gasteiger charge is 2.30. The standard InChI is InChI=1S/C15H20N2OS3/c1-5-19-12-11-9-7-15(3,4)18-8-10(9)21-13(11)17-14(16-12)20-6-2/h5-8H2,1-4H3. The van der Waals surface area contributed by atoms with Crippen LogP contribution < -0.4 is 0 Å². The second-order valence-electron chi connectivity index (χ2n) is 5.59. The first-order valence-electron chi connectivity index (χ1n) is 7.26. The van der Waals surface area contributed by atoms with Crippen LogP contribution in [0.4, 0.5) is 0 Å². The monoisotopic (exact) mass is 340 g/mol. The van der Waals surface area contributed by atoms with Crippen LogP contribution in [0.3, 0.4) is 0 Å². The van der Waals surface area contributed by atoms with E-state index in [2.05, 4.69) is 27.7 Å². The normalized spacial score (nSPS) is 17.1. The number of rotatable bonds is 4. The van der Waals surface area contributed by atoms with Gasteiger partial charge in [0.25, 0.3) is 0 Å². The Hall–Kier alpha value is -0.300. The maximum absolute atomic E-state index is 5.95. The minimum Gasteiger partial charge on any atom is -0.370 e. The Bertz CT molecular complexity index is 666. The predicted molar refractivity (Wildman–Crippen MR) is 92.8 cm³/mol. The summed E-state index contributed by atoms with van der Waals surface area (Å²) in [4.78, 5) is 12.0. The van der Waals surface area contributed by atoms with E-state index in [1.165, 1.54) is 15.8 Å². The fourth-order valence-corrected chi connectivity index (χ4v) is 5.17. The second kappa shape index (κ2) is 6.07. The predicted octanol–water partition coefficient (Wildman–Crippen LogP) is 4.77. The molecule has 21 heavy (non-hydrogen) atoms. The van der Waals surface area contributed by atoms with Gasteiger partial charge in [-0.2, -0.15) is 0 Å². The minimum absolute atomic E-state index is 0.0913. The first-order valence-corrected chi connectivity index (χ1v) is 10.0. The molecule has 0 N–H and O–H groups in total. The zero-order valence-electron chi connectivity index (χ0n) is 12.9. The molecule has 1 aliphatic heterocycles. The Kier molecular flexibility index (Phi) is 4.50. The summed E-state index contributed by atoms with van der Waals surface area (Å²) in [6.45, 7) is 9.34.